The van der Waals surface area contributed by atoms with E-state index < -0.39 is 11.6 Å². The molecule has 1 aromatic heterocycles. The molecule has 0 saturated heterocycles. The van der Waals surface area contributed by atoms with E-state index in [4.69, 9.17) is 9.52 Å². The zero-order valence-corrected chi connectivity index (χ0v) is 11.7. The number of carboxylic acid groups (broad SMARTS) is 1. The summed E-state index contributed by atoms with van der Waals surface area (Å²) in [6.45, 7) is 1.12. The van der Waals surface area contributed by atoms with Crippen LogP contribution in [0.5, 0.6) is 5.75 Å². The quantitative estimate of drug-likeness (QED) is 0.789. The summed E-state index contributed by atoms with van der Waals surface area (Å²) >= 11 is 0. The number of fused-ring (bicyclic) bond motifs is 1. The van der Waals surface area contributed by atoms with Gasteiger partial charge >= 0.3 is 11.6 Å². The summed E-state index contributed by atoms with van der Waals surface area (Å²) in [4.78, 5) is 24.0. The molecule has 112 valence electrons. The lowest BCUT2D eigenvalue weighted by Gasteiger charge is -2.16. The van der Waals surface area contributed by atoms with E-state index >= 15 is 0 Å². The molecule has 0 saturated carbocycles. The van der Waals surface area contributed by atoms with Crippen molar-refractivity contribution in [3.8, 4) is 5.75 Å². The smallest absolute Gasteiger partial charge is 0.336 e. The molecular weight excluding hydrogens is 274 g/mol. The average molecular weight is 291 g/mol. The summed E-state index contributed by atoms with van der Waals surface area (Å²) in [5, 5.41) is 18.8. The van der Waals surface area contributed by atoms with Crippen LogP contribution in [0.15, 0.2) is 33.5 Å². The number of hydrogen-bond acceptors (Lipinski definition) is 5. The minimum Gasteiger partial charge on any atom is -0.508 e. The third-order valence-electron chi connectivity index (χ3n) is 3.18. The predicted molar refractivity (Wildman–Crippen MR) is 77.4 cm³/mol. The highest BCUT2D eigenvalue weighted by Crippen LogP contribution is 2.22. The molecule has 6 nitrogen and oxygen atoms in total. The molecule has 0 aliphatic rings. The molecule has 2 rings (SSSR count). The molecule has 0 amide bonds. The van der Waals surface area contributed by atoms with Crippen LogP contribution in [0, 0.1) is 0 Å². The van der Waals surface area contributed by atoms with Crippen LogP contribution in [0.1, 0.15) is 18.4 Å². The van der Waals surface area contributed by atoms with Gasteiger partial charge in [0.2, 0.25) is 0 Å². The predicted octanol–water partition coefficient (Wildman–Crippen LogP) is 1.80. The molecule has 0 aliphatic heterocycles. The van der Waals surface area contributed by atoms with Crippen LogP contribution in [0.2, 0.25) is 0 Å². The van der Waals surface area contributed by atoms with Gasteiger partial charge in [-0.25, -0.2) is 4.79 Å². The van der Waals surface area contributed by atoms with Gasteiger partial charge in [-0.1, -0.05) is 0 Å². The summed E-state index contributed by atoms with van der Waals surface area (Å²) in [7, 11) is 1.86. The Morgan fingerprint density at radius 3 is 2.81 bits per heavy atom. The second-order valence-electron chi connectivity index (χ2n) is 5.01. The van der Waals surface area contributed by atoms with Gasteiger partial charge in [-0.15, -0.1) is 0 Å². The molecule has 1 heterocycles. The Hall–Kier alpha value is -2.34. The molecule has 2 N–H and O–H groups in total. The van der Waals surface area contributed by atoms with E-state index in [1.165, 1.54) is 18.2 Å². The number of aromatic hydroxyl groups is 1. The van der Waals surface area contributed by atoms with Crippen molar-refractivity contribution in [3.05, 3.63) is 40.2 Å². The highest BCUT2D eigenvalue weighted by molar-refractivity contribution is 5.81. The van der Waals surface area contributed by atoms with Gasteiger partial charge in [0, 0.05) is 30.5 Å². The van der Waals surface area contributed by atoms with Crippen molar-refractivity contribution in [3.63, 3.8) is 0 Å². The molecular formula is C15H17NO5. The van der Waals surface area contributed by atoms with Gasteiger partial charge < -0.3 is 19.5 Å². The summed E-state index contributed by atoms with van der Waals surface area (Å²) in [5.74, 6) is -0.776. The van der Waals surface area contributed by atoms with Crippen molar-refractivity contribution in [1.29, 1.82) is 0 Å². The van der Waals surface area contributed by atoms with Gasteiger partial charge in [0.1, 0.15) is 11.3 Å². The van der Waals surface area contributed by atoms with Gasteiger partial charge in [-0.2, -0.15) is 0 Å². The normalized spacial score (nSPS) is 11.1. The van der Waals surface area contributed by atoms with Crippen molar-refractivity contribution in [2.24, 2.45) is 0 Å². The number of hydrogen-bond donors (Lipinski definition) is 2. The third-order valence-corrected chi connectivity index (χ3v) is 3.18. The maximum absolute atomic E-state index is 11.6. The van der Waals surface area contributed by atoms with E-state index in [0.717, 1.165) is 10.9 Å². The average Bonchev–Trinajstić information content (AvgIpc) is 2.37. The van der Waals surface area contributed by atoms with E-state index in [-0.39, 0.29) is 12.2 Å². The maximum atomic E-state index is 11.6. The van der Waals surface area contributed by atoms with Gasteiger partial charge in [0.25, 0.3) is 0 Å². The van der Waals surface area contributed by atoms with Crippen LogP contribution in [0.25, 0.3) is 11.0 Å². The first-order valence-electron chi connectivity index (χ1n) is 6.62. The van der Waals surface area contributed by atoms with Crippen molar-refractivity contribution in [2.45, 2.75) is 19.4 Å². The highest BCUT2D eigenvalue weighted by Gasteiger charge is 2.09. The molecule has 2 aromatic rings. The van der Waals surface area contributed by atoms with Crippen LogP contribution < -0.4 is 5.63 Å². The topological polar surface area (TPSA) is 91.0 Å². The Labute approximate surface area is 121 Å². The number of phenols is 1. The molecule has 1 aromatic carbocycles. The SMILES string of the molecule is CN(CCCC(=O)O)Cc1cc(=O)oc2cc(O)ccc12. The van der Waals surface area contributed by atoms with Crippen molar-refractivity contribution >= 4 is 16.9 Å². The second-order valence-corrected chi connectivity index (χ2v) is 5.01. The number of rotatable bonds is 6. The molecule has 0 bridgehead atoms. The van der Waals surface area contributed by atoms with Crippen molar-refractivity contribution in [2.75, 3.05) is 13.6 Å². The number of aliphatic carboxylic acids is 1. The standard InChI is InChI=1S/C15H17NO5/c1-16(6-2-3-14(18)19)9-10-7-15(20)21-13-8-11(17)4-5-12(10)13/h4-5,7-8,17H,2-3,6,9H2,1H3,(H,18,19). The van der Waals surface area contributed by atoms with Crippen molar-refractivity contribution < 1.29 is 19.4 Å². The molecule has 0 atom stereocenters. The van der Waals surface area contributed by atoms with Gasteiger partial charge in [0.05, 0.1) is 0 Å². The van der Waals surface area contributed by atoms with Gasteiger partial charge in [0.15, 0.2) is 0 Å². The summed E-state index contributed by atoms with van der Waals surface area (Å²) in [5.41, 5.74) is 0.664. The van der Waals surface area contributed by atoms with Gasteiger partial charge in [-0.05, 0) is 37.7 Å². The van der Waals surface area contributed by atoms with E-state index in [1.807, 2.05) is 11.9 Å². The number of carbonyl (C=O) groups is 1. The number of carboxylic acids is 1. The fourth-order valence-electron chi connectivity index (χ4n) is 2.22. The van der Waals surface area contributed by atoms with Crippen LogP contribution in [0.3, 0.4) is 0 Å². The summed E-state index contributed by atoms with van der Waals surface area (Å²) in [6, 6.07) is 6.07. The van der Waals surface area contributed by atoms with E-state index in [9.17, 15) is 14.7 Å². The van der Waals surface area contributed by atoms with Crippen LogP contribution in [-0.2, 0) is 11.3 Å². The van der Waals surface area contributed by atoms with Crippen molar-refractivity contribution in [1.82, 2.24) is 4.90 Å². The first-order chi connectivity index (χ1) is 9.95. The first kappa shape index (κ1) is 15.1. The molecule has 0 spiro atoms. The Morgan fingerprint density at radius 1 is 1.33 bits per heavy atom. The van der Waals surface area contributed by atoms with Crippen LogP contribution in [-0.4, -0.2) is 34.7 Å². The number of benzene rings is 1. The molecule has 0 unspecified atom stereocenters. The number of phenolic OH excluding ortho intramolecular Hbond substituents is 1. The summed E-state index contributed by atoms with van der Waals surface area (Å²) < 4.78 is 5.07. The van der Waals surface area contributed by atoms with E-state index in [0.29, 0.717) is 25.1 Å². The Balaban J connectivity index is 2.17. The molecule has 0 aliphatic carbocycles. The van der Waals surface area contributed by atoms with Crippen LogP contribution in [0.4, 0.5) is 0 Å². The Morgan fingerprint density at radius 2 is 2.10 bits per heavy atom. The molecule has 21 heavy (non-hydrogen) atoms. The lowest BCUT2D eigenvalue weighted by Crippen LogP contribution is -2.20. The largest absolute Gasteiger partial charge is 0.508 e. The minimum atomic E-state index is -0.815. The highest BCUT2D eigenvalue weighted by atomic mass is 16.4. The molecule has 0 radical (unpaired) electrons. The zero-order valence-electron chi connectivity index (χ0n) is 11.7. The lowest BCUT2D eigenvalue weighted by molar-refractivity contribution is -0.137. The van der Waals surface area contributed by atoms with E-state index in [2.05, 4.69) is 0 Å². The maximum Gasteiger partial charge on any atom is 0.336 e. The monoisotopic (exact) mass is 291 g/mol. The fraction of sp³-hybridized carbons (Fsp3) is 0.333. The second kappa shape index (κ2) is 6.41. The van der Waals surface area contributed by atoms with E-state index in [1.54, 1.807) is 6.07 Å². The first-order valence-corrected chi connectivity index (χ1v) is 6.62. The Bertz CT molecular complexity index is 707. The number of nitrogens with zero attached hydrogens (tertiary/aromatic N) is 1. The lowest BCUT2D eigenvalue weighted by atomic mass is 10.1. The van der Waals surface area contributed by atoms with Gasteiger partial charge in [-0.3, -0.25) is 4.79 Å². The fourth-order valence-corrected chi connectivity index (χ4v) is 2.22. The zero-order chi connectivity index (χ0) is 15.4. The summed E-state index contributed by atoms with van der Waals surface area (Å²) in [6.07, 6.45) is 0.669. The minimum absolute atomic E-state index is 0.0395. The molecule has 6 heteroatoms. The third kappa shape index (κ3) is 4.06. The van der Waals surface area contributed by atoms with Crippen LogP contribution >= 0.6 is 0 Å². The Kier molecular flexibility index (Phi) is 4.59. The molecule has 0 fully saturated rings.